The van der Waals surface area contributed by atoms with Gasteiger partial charge in [-0.25, -0.2) is 4.99 Å². The Morgan fingerprint density at radius 3 is 2.50 bits per heavy atom. The Morgan fingerprint density at radius 1 is 1.21 bits per heavy atom. The maximum Gasteiger partial charge on any atom is 0.697 e. The Balaban J connectivity index is 0.000000307. The van der Waals surface area contributed by atoms with Gasteiger partial charge in [0.1, 0.15) is 13.2 Å². The Kier molecular flexibility index (Phi) is 9.61. The molecule has 1 aromatic carbocycles. The van der Waals surface area contributed by atoms with Gasteiger partial charge in [-0.2, -0.15) is 0 Å². The summed E-state index contributed by atoms with van der Waals surface area (Å²) >= 11 is 0. The SMILES string of the molecule is CCO[P+](=O)OCC.CN(C)C=N/C=C/c1c[nH]c2ccccc12. The lowest BCUT2D eigenvalue weighted by molar-refractivity contribution is 0.243. The molecule has 0 radical (unpaired) electrons. The highest BCUT2D eigenvalue weighted by atomic mass is 31.1. The fourth-order valence-electron chi connectivity index (χ4n) is 1.78. The number of aromatic nitrogens is 1. The molecule has 0 bridgehead atoms. The van der Waals surface area contributed by atoms with Crippen LogP contribution >= 0.6 is 8.25 Å². The fraction of sp³-hybridized carbons (Fsp3) is 0.353. The monoisotopic (exact) mass is 350 g/mol. The van der Waals surface area contributed by atoms with Crippen LogP contribution in [0, 0.1) is 0 Å². The lowest BCUT2D eigenvalue weighted by Crippen LogP contribution is -2.06. The standard InChI is InChI=1S/C13H15N3.C4H10O3P/c1-16(2)10-14-8-7-11-9-15-13-6-4-3-5-12(11)13;1-3-6-8(5)7-4-2/h3-10,15H,1-2H3;3-4H2,1-2H3/q;+1/b8-7+,14-10?;. The van der Waals surface area contributed by atoms with Crippen molar-refractivity contribution in [2.24, 2.45) is 4.99 Å². The van der Waals surface area contributed by atoms with Gasteiger partial charge >= 0.3 is 8.25 Å². The Bertz CT molecular complexity index is 673. The molecule has 2 rings (SSSR count). The summed E-state index contributed by atoms with van der Waals surface area (Å²) in [7, 11) is 2.06. The molecule has 0 spiro atoms. The van der Waals surface area contributed by atoms with Crippen molar-refractivity contribution in [3.63, 3.8) is 0 Å². The summed E-state index contributed by atoms with van der Waals surface area (Å²) < 4.78 is 19.5. The molecule has 0 fully saturated rings. The molecule has 0 atom stereocenters. The van der Waals surface area contributed by atoms with E-state index in [0.717, 1.165) is 11.1 Å². The first kappa shape index (κ1) is 20.0. The van der Waals surface area contributed by atoms with Crippen molar-refractivity contribution in [2.45, 2.75) is 13.8 Å². The number of benzene rings is 1. The first-order chi connectivity index (χ1) is 11.6. The summed E-state index contributed by atoms with van der Waals surface area (Å²) in [5.74, 6) is 0. The first-order valence-corrected chi connectivity index (χ1v) is 8.83. The minimum Gasteiger partial charge on any atom is -0.369 e. The predicted octanol–water partition coefficient (Wildman–Crippen LogP) is 4.45. The van der Waals surface area contributed by atoms with E-state index in [-0.39, 0.29) is 0 Å². The fourth-order valence-corrected chi connectivity index (χ4v) is 2.27. The van der Waals surface area contributed by atoms with Gasteiger partial charge in [-0.3, -0.25) is 0 Å². The number of fused-ring (bicyclic) bond motifs is 1. The number of nitrogens with zero attached hydrogens (tertiary/aromatic N) is 2. The van der Waals surface area contributed by atoms with E-state index in [9.17, 15) is 4.57 Å². The average molecular weight is 350 g/mol. The Morgan fingerprint density at radius 2 is 1.88 bits per heavy atom. The van der Waals surface area contributed by atoms with E-state index in [1.807, 2.05) is 43.4 Å². The highest BCUT2D eigenvalue weighted by molar-refractivity contribution is 7.33. The van der Waals surface area contributed by atoms with Crippen LogP contribution in [0.1, 0.15) is 19.4 Å². The van der Waals surface area contributed by atoms with Gasteiger partial charge in [-0.15, -0.1) is 9.05 Å². The normalized spacial score (nSPS) is 11.0. The van der Waals surface area contributed by atoms with Crippen LogP contribution in [-0.4, -0.2) is 43.5 Å². The molecule has 0 aliphatic rings. The molecule has 0 amide bonds. The summed E-state index contributed by atoms with van der Waals surface area (Å²) in [4.78, 5) is 9.29. The van der Waals surface area contributed by atoms with Crippen molar-refractivity contribution in [1.82, 2.24) is 9.88 Å². The third-order valence-electron chi connectivity index (χ3n) is 2.73. The van der Waals surface area contributed by atoms with Gasteiger partial charge in [-0.05, 0) is 26.0 Å². The molecule has 0 aliphatic carbocycles. The third kappa shape index (κ3) is 7.51. The molecule has 130 valence electrons. The first-order valence-electron chi connectivity index (χ1n) is 7.74. The van der Waals surface area contributed by atoms with Crippen LogP contribution < -0.4 is 0 Å². The predicted molar refractivity (Wildman–Crippen MR) is 100 cm³/mol. The number of H-pyrrole nitrogens is 1. The number of aliphatic imine (C=N–C) groups is 1. The number of nitrogens with one attached hydrogen (secondary N) is 1. The molecule has 1 aromatic heterocycles. The maximum atomic E-state index is 10.3. The number of rotatable bonds is 7. The van der Waals surface area contributed by atoms with Crippen LogP contribution in [0.5, 0.6) is 0 Å². The number of aromatic amines is 1. The lowest BCUT2D eigenvalue weighted by Gasteiger charge is -1.99. The van der Waals surface area contributed by atoms with Crippen LogP contribution in [0.4, 0.5) is 0 Å². The zero-order chi connectivity index (χ0) is 17.8. The van der Waals surface area contributed by atoms with Crippen LogP contribution in [0.25, 0.3) is 17.0 Å². The van der Waals surface area contributed by atoms with Gasteiger partial charge < -0.3 is 9.88 Å². The van der Waals surface area contributed by atoms with Gasteiger partial charge in [0.2, 0.25) is 0 Å². The molecule has 24 heavy (non-hydrogen) atoms. The Labute approximate surface area is 144 Å². The minimum atomic E-state index is -1.83. The molecule has 0 saturated carbocycles. The van der Waals surface area contributed by atoms with E-state index in [1.54, 1.807) is 26.4 Å². The quantitative estimate of drug-likeness (QED) is 0.455. The van der Waals surface area contributed by atoms with E-state index in [1.165, 1.54) is 5.39 Å². The highest BCUT2D eigenvalue weighted by Crippen LogP contribution is 2.22. The lowest BCUT2D eigenvalue weighted by atomic mass is 10.2. The van der Waals surface area contributed by atoms with Crippen molar-refractivity contribution >= 4 is 31.6 Å². The maximum absolute atomic E-state index is 10.3. The largest absolute Gasteiger partial charge is 0.697 e. The number of para-hydroxylation sites is 1. The zero-order valence-corrected chi connectivity index (χ0v) is 15.5. The molecular formula is C17H25N3O3P+. The number of hydrogen-bond donors (Lipinski definition) is 1. The zero-order valence-electron chi connectivity index (χ0n) is 14.6. The van der Waals surface area contributed by atoms with Gasteiger partial charge in [0, 0.05) is 47.5 Å². The van der Waals surface area contributed by atoms with Crippen LogP contribution in [0.2, 0.25) is 0 Å². The third-order valence-corrected chi connectivity index (χ3v) is 3.67. The smallest absolute Gasteiger partial charge is 0.369 e. The summed E-state index contributed by atoms with van der Waals surface area (Å²) in [5.41, 5.74) is 2.31. The Hall–Kier alpha value is -2.01. The van der Waals surface area contributed by atoms with Crippen molar-refractivity contribution in [3.05, 3.63) is 42.2 Å². The summed E-state index contributed by atoms with van der Waals surface area (Å²) in [5, 5.41) is 1.22. The van der Waals surface area contributed by atoms with E-state index < -0.39 is 8.25 Å². The summed E-state index contributed by atoms with van der Waals surface area (Å²) in [6.45, 7) is 4.42. The van der Waals surface area contributed by atoms with Crippen molar-refractivity contribution in [1.29, 1.82) is 0 Å². The molecule has 1 N–H and O–H groups in total. The van der Waals surface area contributed by atoms with Gasteiger partial charge in [0.05, 0.1) is 6.34 Å². The van der Waals surface area contributed by atoms with Crippen molar-refractivity contribution in [2.75, 3.05) is 27.3 Å². The van der Waals surface area contributed by atoms with Crippen LogP contribution in [-0.2, 0) is 13.6 Å². The second-order valence-corrected chi connectivity index (χ2v) is 5.86. The van der Waals surface area contributed by atoms with Crippen molar-refractivity contribution < 1.29 is 13.6 Å². The minimum absolute atomic E-state index is 0.440. The second-order valence-electron chi connectivity index (χ2n) is 4.89. The van der Waals surface area contributed by atoms with E-state index in [0.29, 0.717) is 13.2 Å². The highest BCUT2D eigenvalue weighted by Gasteiger charge is 2.15. The molecule has 7 heteroatoms. The van der Waals surface area contributed by atoms with E-state index in [2.05, 4.69) is 31.2 Å². The second kappa shape index (κ2) is 11.5. The van der Waals surface area contributed by atoms with Gasteiger partial charge in [0.25, 0.3) is 0 Å². The molecule has 0 unspecified atom stereocenters. The number of hydrogen-bond acceptors (Lipinski definition) is 4. The van der Waals surface area contributed by atoms with Gasteiger partial charge in [0.15, 0.2) is 0 Å². The van der Waals surface area contributed by atoms with Crippen LogP contribution in [0.3, 0.4) is 0 Å². The molecule has 6 nitrogen and oxygen atoms in total. The molecule has 0 saturated heterocycles. The summed E-state index contributed by atoms with van der Waals surface area (Å²) in [6.07, 6.45) is 7.56. The van der Waals surface area contributed by atoms with Crippen molar-refractivity contribution in [3.8, 4) is 0 Å². The average Bonchev–Trinajstić information content (AvgIpc) is 2.96. The van der Waals surface area contributed by atoms with Gasteiger partial charge in [-0.1, -0.05) is 18.2 Å². The molecule has 2 aromatic rings. The topological polar surface area (TPSA) is 66.9 Å². The molecule has 1 heterocycles. The van der Waals surface area contributed by atoms with E-state index >= 15 is 0 Å². The molecule has 0 aliphatic heterocycles. The van der Waals surface area contributed by atoms with Crippen LogP contribution in [0.15, 0.2) is 41.7 Å². The summed E-state index contributed by atoms with van der Waals surface area (Å²) in [6, 6.07) is 8.23. The molecular weight excluding hydrogens is 325 g/mol. The van der Waals surface area contributed by atoms with E-state index in [4.69, 9.17) is 0 Å².